The van der Waals surface area contributed by atoms with Gasteiger partial charge in [-0.25, -0.2) is 9.97 Å². The number of anilines is 1. The number of hydrogen-bond donors (Lipinski definition) is 5. The highest BCUT2D eigenvalue weighted by atomic mass is 32.1. The summed E-state index contributed by atoms with van der Waals surface area (Å²) in [6.07, 6.45) is -3.04. The zero-order valence-electron chi connectivity index (χ0n) is 10.2. The maximum atomic E-state index is 10.0. The van der Waals surface area contributed by atoms with E-state index in [2.05, 4.69) is 15.0 Å². The second-order valence-electron chi connectivity index (χ2n) is 4.49. The first-order valence-corrected chi connectivity index (χ1v) is 6.28. The molecule has 4 atom stereocenters. The van der Waals surface area contributed by atoms with Crippen molar-refractivity contribution < 1.29 is 20.1 Å². The van der Waals surface area contributed by atoms with Crippen molar-refractivity contribution in [2.45, 2.75) is 24.5 Å². The number of H-pyrrole nitrogens is 1. The Morgan fingerprint density at radius 3 is 2.80 bits per heavy atom. The molecule has 0 bridgehead atoms. The van der Waals surface area contributed by atoms with Gasteiger partial charge in [-0.3, -0.25) is 4.57 Å². The van der Waals surface area contributed by atoms with Gasteiger partial charge in [-0.15, -0.1) is 0 Å². The fourth-order valence-corrected chi connectivity index (χ4v) is 2.58. The lowest BCUT2D eigenvalue weighted by Crippen LogP contribution is -2.33. The molecule has 0 aliphatic carbocycles. The van der Waals surface area contributed by atoms with Gasteiger partial charge in [0.1, 0.15) is 30.2 Å². The number of imidazole rings is 1. The summed E-state index contributed by atoms with van der Waals surface area (Å²) in [7, 11) is 0. The van der Waals surface area contributed by atoms with Crippen LogP contribution < -0.4 is 5.73 Å². The highest BCUT2D eigenvalue weighted by Crippen LogP contribution is 2.32. The van der Waals surface area contributed by atoms with Crippen LogP contribution in [0.1, 0.15) is 6.23 Å². The molecule has 6 N–H and O–H groups in total. The van der Waals surface area contributed by atoms with Crippen LogP contribution in [0.2, 0.25) is 0 Å². The number of aliphatic hydroxyl groups excluding tert-OH is 3. The van der Waals surface area contributed by atoms with Crippen LogP contribution in [-0.2, 0) is 4.74 Å². The summed E-state index contributed by atoms with van der Waals surface area (Å²) in [5.41, 5.74) is 6.50. The largest absolute Gasteiger partial charge is 0.394 e. The second-order valence-corrected chi connectivity index (χ2v) is 4.87. The molecule has 1 aliphatic rings. The molecule has 3 rings (SSSR count). The van der Waals surface area contributed by atoms with Crippen LogP contribution in [0.3, 0.4) is 0 Å². The molecule has 0 unspecified atom stereocenters. The normalized spacial score (nSPS) is 30.1. The highest BCUT2D eigenvalue weighted by molar-refractivity contribution is 7.71. The highest BCUT2D eigenvalue weighted by Gasteiger charge is 2.44. The lowest BCUT2D eigenvalue weighted by Gasteiger charge is -2.16. The Balaban J connectivity index is 2.14. The van der Waals surface area contributed by atoms with E-state index in [1.54, 1.807) is 0 Å². The Morgan fingerprint density at radius 1 is 1.40 bits per heavy atom. The van der Waals surface area contributed by atoms with Gasteiger partial charge < -0.3 is 30.8 Å². The minimum Gasteiger partial charge on any atom is -0.394 e. The lowest BCUT2D eigenvalue weighted by atomic mass is 10.1. The molecule has 0 spiro atoms. The average molecular weight is 299 g/mol. The molecule has 2 aromatic heterocycles. The van der Waals surface area contributed by atoms with Crippen molar-refractivity contribution in [1.82, 2.24) is 19.5 Å². The number of ether oxygens (including phenoxy) is 1. The maximum Gasteiger partial charge on any atom is 0.181 e. The molecule has 0 saturated carbocycles. The summed E-state index contributed by atoms with van der Waals surface area (Å²) in [5, 5.41) is 28.9. The molecule has 10 heteroatoms. The third-order valence-electron chi connectivity index (χ3n) is 3.31. The van der Waals surface area contributed by atoms with Gasteiger partial charge in [0.25, 0.3) is 0 Å². The molecule has 0 radical (unpaired) electrons. The first-order valence-electron chi connectivity index (χ1n) is 5.87. The maximum absolute atomic E-state index is 10.0. The number of nitrogens with two attached hydrogens (primary N) is 1. The van der Waals surface area contributed by atoms with E-state index >= 15 is 0 Å². The number of fused-ring (bicyclic) bond motifs is 1. The number of aliphatic hydroxyl groups is 3. The number of hydrogen-bond acceptors (Lipinski definition) is 8. The summed E-state index contributed by atoms with van der Waals surface area (Å²) < 4.78 is 7.07. The molecular formula is C10H13N5O4S. The third-order valence-corrected chi connectivity index (χ3v) is 3.61. The Morgan fingerprint density at radius 2 is 2.15 bits per heavy atom. The number of aromatic nitrogens is 4. The number of nitrogen functional groups attached to an aromatic ring is 1. The van der Waals surface area contributed by atoms with E-state index in [0.717, 1.165) is 0 Å². The molecule has 108 valence electrons. The van der Waals surface area contributed by atoms with Gasteiger partial charge in [0.15, 0.2) is 22.5 Å². The molecule has 1 fully saturated rings. The summed E-state index contributed by atoms with van der Waals surface area (Å²) >= 11 is 5.16. The van der Waals surface area contributed by atoms with Crippen molar-refractivity contribution in [3.8, 4) is 0 Å². The molecule has 9 nitrogen and oxygen atoms in total. The Hall–Kier alpha value is -1.59. The Kier molecular flexibility index (Phi) is 3.18. The van der Waals surface area contributed by atoms with Gasteiger partial charge >= 0.3 is 0 Å². The molecule has 1 aliphatic heterocycles. The van der Waals surface area contributed by atoms with Gasteiger partial charge in [0.2, 0.25) is 0 Å². The van der Waals surface area contributed by atoms with E-state index in [9.17, 15) is 10.2 Å². The molecule has 2 aromatic rings. The predicted molar refractivity (Wildman–Crippen MR) is 70.1 cm³/mol. The smallest absolute Gasteiger partial charge is 0.181 e. The average Bonchev–Trinajstić information content (AvgIpc) is 2.90. The van der Waals surface area contributed by atoms with E-state index in [-0.39, 0.29) is 10.6 Å². The predicted octanol–water partition coefficient (Wildman–Crippen LogP) is -1.32. The van der Waals surface area contributed by atoms with Crippen molar-refractivity contribution in [1.29, 1.82) is 0 Å². The quantitative estimate of drug-likeness (QED) is 0.430. The van der Waals surface area contributed by atoms with Crippen LogP contribution >= 0.6 is 12.2 Å². The standard InChI is InChI=1S/C10H13N5O4S/c11-7-4-8(13-2-12-7)15(10(20)14-4)9-6(18)5(17)3(1-16)19-9/h2-3,5-6,9,16-18H,1H2,(H,14,20)(H2,11,12,13)/t3-,5-,6+,9+/m1/s1. The molecule has 1 saturated heterocycles. The number of nitrogens with zero attached hydrogens (tertiary/aromatic N) is 3. The zero-order chi connectivity index (χ0) is 14.4. The SMILES string of the molecule is Nc1ncnc2c1[nH]c(=S)n2[C@H]1O[C@H](CO)[C@@H](O)[C@@H]1O. The molecule has 20 heavy (non-hydrogen) atoms. The van der Waals surface area contributed by atoms with Crippen molar-refractivity contribution in [3.05, 3.63) is 11.1 Å². The van der Waals surface area contributed by atoms with E-state index in [4.69, 9.17) is 27.8 Å². The van der Waals surface area contributed by atoms with Gasteiger partial charge in [0, 0.05) is 0 Å². The first-order chi connectivity index (χ1) is 9.54. The van der Waals surface area contributed by atoms with Crippen LogP contribution in [-0.4, -0.2) is 59.8 Å². The van der Waals surface area contributed by atoms with E-state index in [1.165, 1.54) is 10.9 Å². The van der Waals surface area contributed by atoms with Crippen LogP contribution in [0.5, 0.6) is 0 Å². The monoisotopic (exact) mass is 299 g/mol. The van der Waals surface area contributed by atoms with Crippen molar-refractivity contribution in [2.24, 2.45) is 0 Å². The van der Waals surface area contributed by atoms with Crippen LogP contribution in [0, 0.1) is 4.77 Å². The van der Waals surface area contributed by atoms with E-state index in [1.807, 2.05) is 0 Å². The van der Waals surface area contributed by atoms with Crippen molar-refractivity contribution in [2.75, 3.05) is 12.3 Å². The topological polar surface area (TPSA) is 142 Å². The Labute approximate surface area is 117 Å². The van der Waals surface area contributed by atoms with Crippen LogP contribution in [0.4, 0.5) is 5.82 Å². The fourth-order valence-electron chi connectivity index (χ4n) is 2.28. The zero-order valence-corrected chi connectivity index (χ0v) is 11.0. The van der Waals surface area contributed by atoms with Gasteiger partial charge in [-0.2, -0.15) is 0 Å². The van der Waals surface area contributed by atoms with Crippen molar-refractivity contribution in [3.63, 3.8) is 0 Å². The summed E-state index contributed by atoms with van der Waals surface area (Å²) in [5.74, 6) is 0.214. The summed E-state index contributed by atoms with van der Waals surface area (Å²) in [6.45, 7) is -0.415. The van der Waals surface area contributed by atoms with Crippen molar-refractivity contribution >= 4 is 29.2 Å². The second kappa shape index (κ2) is 4.75. The summed E-state index contributed by atoms with van der Waals surface area (Å²) in [4.78, 5) is 10.7. The molecule has 0 aromatic carbocycles. The summed E-state index contributed by atoms with van der Waals surface area (Å²) in [6, 6.07) is 0. The van der Waals surface area contributed by atoms with Crippen LogP contribution in [0.25, 0.3) is 11.2 Å². The van der Waals surface area contributed by atoms with Gasteiger partial charge in [-0.1, -0.05) is 0 Å². The van der Waals surface area contributed by atoms with Crippen LogP contribution in [0.15, 0.2) is 6.33 Å². The van der Waals surface area contributed by atoms with E-state index in [0.29, 0.717) is 11.2 Å². The minimum absolute atomic E-state index is 0.214. The van der Waals surface area contributed by atoms with Gasteiger partial charge in [0.05, 0.1) is 6.61 Å². The molecule has 0 amide bonds. The molecular weight excluding hydrogens is 286 g/mol. The number of rotatable bonds is 2. The number of aromatic amines is 1. The first kappa shape index (κ1) is 13.4. The third kappa shape index (κ3) is 1.81. The fraction of sp³-hybridized carbons (Fsp3) is 0.500. The molecule has 3 heterocycles. The minimum atomic E-state index is -1.24. The lowest BCUT2D eigenvalue weighted by molar-refractivity contribution is -0.0517. The number of nitrogens with one attached hydrogen (secondary N) is 1. The van der Waals surface area contributed by atoms with E-state index < -0.39 is 31.1 Å². The Bertz CT molecular complexity index is 701. The van der Waals surface area contributed by atoms with Gasteiger partial charge in [-0.05, 0) is 12.2 Å².